The second-order valence-electron chi connectivity index (χ2n) is 5.39. The molecule has 0 atom stereocenters. The number of nitrogens with zero attached hydrogens (tertiary/aromatic N) is 2. The Balaban J connectivity index is 1.88. The van der Waals surface area contributed by atoms with Crippen LogP contribution in [0.5, 0.6) is 11.6 Å². The van der Waals surface area contributed by atoms with E-state index in [4.69, 9.17) is 21.1 Å². The number of anilines is 1. The molecule has 1 aromatic heterocycles. The maximum absolute atomic E-state index is 12.3. The van der Waals surface area contributed by atoms with Gasteiger partial charge >= 0.3 is 6.09 Å². The number of ether oxygens (including phenoxy) is 2. The first kappa shape index (κ1) is 17.8. The highest BCUT2D eigenvalue weighted by atomic mass is 35.5. The monoisotopic (exact) mass is 371 g/mol. The lowest BCUT2D eigenvalue weighted by atomic mass is 10.3. The molecule has 1 amide bonds. The number of para-hydroxylation sites is 2. The van der Waals surface area contributed by atoms with E-state index in [-0.39, 0.29) is 16.7 Å². The fraction of sp³-hybridized carbons (Fsp3) is 0.158. The van der Waals surface area contributed by atoms with Crippen molar-refractivity contribution in [2.45, 2.75) is 13.3 Å². The lowest BCUT2D eigenvalue weighted by Crippen LogP contribution is -2.19. The Morgan fingerprint density at radius 2 is 1.77 bits per heavy atom. The summed E-state index contributed by atoms with van der Waals surface area (Å²) in [5, 5.41) is 7.23. The predicted molar refractivity (Wildman–Crippen MR) is 100 cm³/mol. The fourth-order valence-electron chi connectivity index (χ4n) is 2.25. The van der Waals surface area contributed by atoms with Crippen LogP contribution in [0.25, 0.3) is 5.69 Å². The SMILES string of the molecule is CCCOc1nn(-c2ccccc2)c(NC(=O)Oc2ccccc2)c1Cl. The van der Waals surface area contributed by atoms with Crippen LogP contribution in [0.4, 0.5) is 10.6 Å². The molecule has 0 saturated heterocycles. The van der Waals surface area contributed by atoms with Crippen molar-refractivity contribution in [2.75, 3.05) is 11.9 Å². The van der Waals surface area contributed by atoms with Crippen LogP contribution in [-0.4, -0.2) is 22.5 Å². The van der Waals surface area contributed by atoms with Crippen LogP contribution in [0, 0.1) is 0 Å². The fourth-order valence-corrected chi connectivity index (χ4v) is 2.47. The van der Waals surface area contributed by atoms with Gasteiger partial charge in [-0.25, -0.2) is 9.48 Å². The van der Waals surface area contributed by atoms with E-state index in [1.165, 1.54) is 4.68 Å². The van der Waals surface area contributed by atoms with Gasteiger partial charge < -0.3 is 9.47 Å². The predicted octanol–water partition coefficient (Wildman–Crippen LogP) is 4.93. The smallest absolute Gasteiger partial charge is 0.418 e. The normalized spacial score (nSPS) is 10.4. The topological polar surface area (TPSA) is 65.4 Å². The number of benzene rings is 2. The van der Waals surface area contributed by atoms with E-state index in [2.05, 4.69) is 10.4 Å². The summed E-state index contributed by atoms with van der Waals surface area (Å²) < 4.78 is 12.4. The Hall–Kier alpha value is -2.99. The van der Waals surface area contributed by atoms with Gasteiger partial charge in [0, 0.05) is 0 Å². The van der Waals surface area contributed by atoms with Crippen LogP contribution >= 0.6 is 11.6 Å². The molecular weight excluding hydrogens is 354 g/mol. The van der Waals surface area contributed by atoms with E-state index in [1.807, 2.05) is 43.3 Å². The van der Waals surface area contributed by atoms with Crippen LogP contribution < -0.4 is 14.8 Å². The lowest BCUT2D eigenvalue weighted by Gasteiger charge is -2.09. The first-order chi connectivity index (χ1) is 12.7. The van der Waals surface area contributed by atoms with Crippen LogP contribution in [-0.2, 0) is 0 Å². The van der Waals surface area contributed by atoms with Gasteiger partial charge in [-0.05, 0) is 30.7 Å². The van der Waals surface area contributed by atoms with E-state index in [1.54, 1.807) is 24.3 Å². The lowest BCUT2D eigenvalue weighted by molar-refractivity contribution is 0.215. The molecular formula is C19H18ClN3O3. The van der Waals surface area contributed by atoms with E-state index in [9.17, 15) is 4.79 Å². The van der Waals surface area contributed by atoms with Crippen molar-refractivity contribution in [3.63, 3.8) is 0 Å². The van der Waals surface area contributed by atoms with Crippen molar-refractivity contribution in [1.82, 2.24) is 9.78 Å². The number of rotatable bonds is 6. The van der Waals surface area contributed by atoms with Gasteiger partial charge in [0.1, 0.15) is 10.8 Å². The molecule has 0 radical (unpaired) electrons. The maximum Gasteiger partial charge on any atom is 0.418 e. The molecule has 0 aliphatic heterocycles. The quantitative estimate of drug-likeness (QED) is 0.667. The van der Waals surface area contributed by atoms with Crippen LogP contribution in [0.2, 0.25) is 5.02 Å². The largest absolute Gasteiger partial charge is 0.476 e. The standard InChI is InChI=1S/C19H18ClN3O3/c1-2-13-25-18-16(20)17(23(22-18)14-9-5-3-6-10-14)21-19(24)26-15-11-7-4-8-12-15/h3-12H,2,13H2,1H3,(H,21,24). The van der Waals surface area contributed by atoms with Gasteiger partial charge in [0.05, 0.1) is 12.3 Å². The summed E-state index contributed by atoms with van der Waals surface area (Å²) in [6.45, 7) is 2.46. The molecule has 26 heavy (non-hydrogen) atoms. The van der Waals surface area contributed by atoms with E-state index in [0.29, 0.717) is 12.4 Å². The molecule has 2 aromatic carbocycles. The minimum absolute atomic E-state index is 0.215. The Morgan fingerprint density at radius 1 is 1.12 bits per heavy atom. The molecule has 0 aliphatic rings. The summed E-state index contributed by atoms with van der Waals surface area (Å²) in [5.74, 6) is 0.964. The highest BCUT2D eigenvalue weighted by Crippen LogP contribution is 2.34. The highest BCUT2D eigenvalue weighted by molar-refractivity contribution is 6.34. The summed E-state index contributed by atoms with van der Waals surface area (Å²) in [6.07, 6.45) is 0.144. The van der Waals surface area contributed by atoms with Crippen molar-refractivity contribution in [3.05, 3.63) is 65.7 Å². The van der Waals surface area contributed by atoms with E-state index < -0.39 is 6.09 Å². The molecule has 7 heteroatoms. The number of carbonyl (C=O) groups excluding carboxylic acids is 1. The zero-order valence-electron chi connectivity index (χ0n) is 14.2. The van der Waals surface area contributed by atoms with Crippen molar-refractivity contribution in [3.8, 4) is 17.3 Å². The minimum Gasteiger partial charge on any atom is -0.476 e. The molecule has 6 nitrogen and oxygen atoms in total. The third-order valence-corrected chi connectivity index (χ3v) is 3.76. The summed E-state index contributed by atoms with van der Waals surface area (Å²) in [5.41, 5.74) is 0.732. The van der Waals surface area contributed by atoms with Crippen molar-refractivity contribution in [1.29, 1.82) is 0 Å². The zero-order valence-corrected chi connectivity index (χ0v) is 14.9. The molecule has 0 bridgehead atoms. The van der Waals surface area contributed by atoms with Crippen molar-refractivity contribution >= 4 is 23.5 Å². The van der Waals surface area contributed by atoms with Gasteiger partial charge in [-0.1, -0.05) is 54.9 Å². The van der Waals surface area contributed by atoms with Gasteiger partial charge in [0.25, 0.3) is 5.88 Å². The molecule has 0 aliphatic carbocycles. The van der Waals surface area contributed by atoms with Crippen LogP contribution in [0.3, 0.4) is 0 Å². The number of halogens is 1. The Morgan fingerprint density at radius 3 is 2.42 bits per heavy atom. The van der Waals surface area contributed by atoms with Gasteiger partial charge in [0.2, 0.25) is 0 Å². The highest BCUT2D eigenvalue weighted by Gasteiger charge is 2.21. The second-order valence-corrected chi connectivity index (χ2v) is 5.77. The number of hydrogen-bond donors (Lipinski definition) is 1. The van der Waals surface area contributed by atoms with Gasteiger partial charge in [-0.15, -0.1) is 5.10 Å². The van der Waals surface area contributed by atoms with Gasteiger partial charge in [-0.3, -0.25) is 5.32 Å². The molecule has 0 spiro atoms. The number of amides is 1. The molecule has 0 fully saturated rings. The van der Waals surface area contributed by atoms with Crippen LogP contribution in [0.15, 0.2) is 60.7 Å². The molecule has 1 heterocycles. The van der Waals surface area contributed by atoms with E-state index in [0.717, 1.165) is 12.1 Å². The molecule has 3 aromatic rings. The zero-order chi connectivity index (χ0) is 18.4. The molecule has 3 rings (SSSR count). The minimum atomic E-state index is -0.669. The molecule has 0 saturated carbocycles. The number of hydrogen-bond acceptors (Lipinski definition) is 4. The summed E-state index contributed by atoms with van der Waals surface area (Å²) in [7, 11) is 0. The first-order valence-electron chi connectivity index (χ1n) is 8.19. The number of nitrogens with one attached hydrogen (secondary N) is 1. The molecule has 0 unspecified atom stereocenters. The summed E-state index contributed by atoms with van der Waals surface area (Å²) in [6, 6.07) is 18.1. The third-order valence-electron chi connectivity index (χ3n) is 3.42. The van der Waals surface area contributed by atoms with Crippen molar-refractivity contribution < 1.29 is 14.3 Å². The van der Waals surface area contributed by atoms with Crippen molar-refractivity contribution in [2.24, 2.45) is 0 Å². The number of carbonyl (C=O) groups is 1. The van der Waals surface area contributed by atoms with Gasteiger partial charge in [-0.2, -0.15) is 0 Å². The Bertz CT molecular complexity index is 866. The Kier molecular flexibility index (Phi) is 5.76. The summed E-state index contributed by atoms with van der Waals surface area (Å²) >= 11 is 6.38. The second kappa shape index (κ2) is 8.40. The molecule has 134 valence electrons. The third kappa shape index (κ3) is 4.15. The average Bonchev–Trinajstić information content (AvgIpc) is 2.97. The maximum atomic E-state index is 12.3. The molecule has 1 N–H and O–H groups in total. The summed E-state index contributed by atoms with van der Waals surface area (Å²) in [4.78, 5) is 12.3. The first-order valence-corrected chi connectivity index (χ1v) is 8.57. The van der Waals surface area contributed by atoms with Crippen LogP contribution in [0.1, 0.15) is 13.3 Å². The van der Waals surface area contributed by atoms with E-state index >= 15 is 0 Å². The Labute approximate surface area is 156 Å². The average molecular weight is 372 g/mol. The van der Waals surface area contributed by atoms with Gasteiger partial charge in [0.15, 0.2) is 5.82 Å². The number of aromatic nitrogens is 2.